The van der Waals surface area contributed by atoms with E-state index < -0.39 is 0 Å². The van der Waals surface area contributed by atoms with E-state index in [1.807, 2.05) is 6.92 Å². The summed E-state index contributed by atoms with van der Waals surface area (Å²) in [6.07, 6.45) is 8.33. The van der Waals surface area contributed by atoms with Crippen molar-refractivity contribution in [2.75, 3.05) is 6.54 Å². The van der Waals surface area contributed by atoms with E-state index in [0.717, 1.165) is 18.5 Å². The van der Waals surface area contributed by atoms with Gasteiger partial charge in [-0.2, -0.15) is 0 Å². The molecule has 0 radical (unpaired) electrons. The molecule has 1 nitrogen and oxygen atoms in total. The number of nitrogens with one attached hydrogen (secondary N) is 1. The van der Waals surface area contributed by atoms with Crippen molar-refractivity contribution in [1.82, 2.24) is 5.32 Å². The van der Waals surface area contributed by atoms with Gasteiger partial charge in [-0.25, -0.2) is 0 Å². The topological polar surface area (TPSA) is 12.0 Å². The molecule has 2 atom stereocenters. The molecule has 1 heteroatoms. The molecular weight excluding hydrogens is 170 g/mol. The zero-order valence-corrected chi connectivity index (χ0v) is 9.60. The molecule has 0 aromatic rings. The predicted molar refractivity (Wildman–Crippen MR) is 62.1 cm³/mol. The highest BCUT2D eigenvalue weighted by Gasteiger charge is 2.25. The van der Waals surface area contributed by atoms with E-state index in [-0.39, 0.29) is 0 Å². The Labute approximate surface area is 88.7 Å². The minimum atomic E-state index is 0.752. The maximum Gasteiger partial charge on any atom is 0.0578 e. The van der Waals surface area contributed by atoms with E-state index in [4.69, 9.17) is 0 Å². The fraction of sp³-hybridized carbons (Fsp3) is 0.846. The Morgan fingerprint density at radius 1 is 1.36 bits per heavy atom. The van der Waals surface area contributed by atoms with Gasteiger partial charge in [-0.05, 0) is 32.1 Å². The van der Waals surface area contributed by atoms with Crippen molar-refractivity contribution in [1.29, 1.82) is 0 Å². The Morgan fingerprint density at radius 3 is 2.93 bits per heavy atom. The van der Waals surface area contributed by atoms with Gasteiger partial charge >= 0.3 is 0 Å². The molecule has 0 aromatic carbocycles. The summed E-state index contributed by atoms with van der Waals surface area (Å²) in [5.74, 6) is 6.95. The molecule has 1 N–H and O–H groups in total. The second-order valence-corrected chi connectivity index (χ2v) is 4.25. The molecule has 1 aliphatic carbocycles. The largest absolute Gasteiger partial charge is 0.303 e. The zero-order valence-electron chi connectivity index (χ0n) is 9.60. The van der Waals surface area contributed by atoms with Crippen LogP contribution >= 0.6 is 0 Å². The summed E-state index contributed by atoms with van der Waals surface area (Å²) in [7, 11) is 0. The Balaban J connectivity index is 2.22. The molecule has 0 saturated heterocycles. The van der Waals surface area contributed by atoms with Gasteiger partial charge in [-0.3, -0.25) is 0 Å². The fourth-order valence-corrected chi connectivity index (χ4v) is 2.39. The van der Waals surface area contributed by atoms with Crippen LogP contribution < -0.4 is 5.32 Å². The molecule has 0 amide bonds. The van der Waals surface area contributed by atoms with Crippen LogP contribution in [0.1, 0.15) is 52.4 Å². The second-order valence-electron chi connectivity index (χ2n) is 4.25. The van der Waals surface area contributed by atoms with Crippen molar-refractivity contribution in [2.45, 2.75) is 58.4 Å². The van der Waals surface area contributed by atoms with Gasteiger partial charge in [-0.1, -0.05) is 32.1 Å². The van der Waals surface area contributed by atoms with Crippen LogP contribution in [-0.2, 0) is 0 Å². The van der Waals surface area contributed by atoms with Gasteiger partial charge in [0.15, 0.2) is 0 Å². The molecule has 14 heavy (non-hydrogen) atoms. The molecule has 0 spiro atoms. The van der Waals surface area contributed by atoms with Gasteiger partial charge < -0.3 is 5.32 Å². The van der Waals surface area contributed by atoms with Crippen molar-refractivity contribution in [2.24, 2.45) is 5.92 Å². The average molecular weight is 193 g/mol. The highest BCUT2D eigenvalue weighted by Crippen LogP contribution is 2.29. The first-order valence-corrected chi connectivity index (χ1v) is 6.01. The lowest BCUT2D eigenvalue weighted by molar-refractivity contribution is 0.382. The Hall–Kier alpha value is -0.480. The average Bonchev–Trinajstić information content (AvgIpc) is 2.63. The van der Waals surface area contributed by atoms with Crippen LogP contribution in [0, 0.1) is 17.8 Å². The van der Waals surface area contributed by atoms with Gasteiger partial charge in [0.05, 0.1) is 6.54 Å². The summed E-state index contributed by atoms with van der Waals surface area (Å²) in [5, 5.41) is 3.57. The SMILES string of the molecule is CC#CCNC1CCCC1CCCC. The summed E-state index contributed by atoms with van der Waals surface area (Å²) < 4.78 is 0. The summed E-state index contributed by atoms with van der Waals surface area (Å²) in [4.78, 5) is 0. The Bertz CT molecular complexity index is 199. The molecule has 0 bridgehead atoms. The van der Waals surface area contributed by atoms with Crippen LogP contribution in [-0.4, -0.2) is 12.6 Å². The summed E-state index contributed by atoms with van der Waals surface area (Å²) in [6.45, 7) is 5.06. The van der Waals surface area contributed by atoms with E-state index in [2.05, 4.69) is 24.1 Å². The standard InChI is InChI=1S/C13H23N/c1-3-5-8-12-9-7-10-13(12)14-11-6-4-2/h12-14H,3,5,7-11H2,1-2H3. The third-order valence-corrected chi connectivity index (χ3v) is 3.22. The van der Waals surface area contributed by atoms with Crippen LogP contribution in [0.2, 0.25) is 0 Å². The van der Waals surface area contributed by atoms with Crippen LogP contribution in [0.3, 0.4) is 0 Å². The lowest BCUT2D eigenvalue weighted by Gasteiger charge is -2.19. The van der Waals surface area contributed by atoms with Crippen LogP contribution in [0.15, 0.2) is 0 Å². The van der Waals surface area contributed by atoms with E-state index in [9.17, 15) is 0 Å². The molecule has 0 aliphatic heterocycles. The zero-order chi connectivity index (χ0) is 10.2. The van der Waals surface area contributed by atoms with E-state index in [0.29, 0.717) is 0 Å². The van der Waals surface area contributed by atoms with Gasteiger partial charge in [0.1, 0.15) is 0 Å². The second kappa shape index (κ2) is 6.90. The maximum absolute atomic E-state index is 3.57. The third-order valence-electron chi connectivity index (χ3n) is 3.22. The van der Waals surface area contributed by atoms with Crippen molar-refractivity contribution in [3.8, 4) is 11.8 Å². The van der Waals surface area contributed by atoms with E-state index in [1.165, 1.54) is 38.5 Å². The first-order chi connectivity index (χ1) is 6.88. The highest BCUT2D eigenvalue weighted by molar-refractivity contribution is 4.98. The van der Waals surface area contributed by atoms with Crippen molar-refractivity contribution < 1.29 is 0 Å². The van der Waals surface area contributed by atoms with Gasteiger partial charge in [0.2, 0.25) is 0 Å². The first kappa shape index (κ1) is 11.6. The lowest BCUT2D eigenvalue weighted by Crippen LogP contribution is -2.32. The van der Waals surface area contributed by atoms with Crippen LogP contribution in [0.4, 0.5) is 0 Å². The van der Waals surface area contributed by atoms with Crippen LogP contribution in [0.5, 0.6) is 0 Å². The fourth-order valence-electron chi connectivity index (χ4n) is 2.39. The molecule has 2 unspecified atom stereocenters. The summed E-state index contributed by atoms with van der Waals surface area (Å²) in [6, 6.07) is 0.752. The number of unbranched alkanes of at least 4 members (excludes halogenated alkanes) is 1. The van der Waals surface area contributed by atoms with E-state index >= 15 is 0 Å². The predicted octanol–water partition coefficient (Wildman–Crippen LogP) is 2.96. The minimum Gasteiger partial charge on any atom is -0.303 e. The Morgan fingerprint density at radius 2 is 2.21 bits per heavy atom. The lowest BCUT2D eigenvalue weighted by atomic mass is 9.97. The Kier molecular flexibility index (Phi) is 5.71. The number of hydrogen-bond donors (Lipinski definition) is 1. The molecule has 1 rings (SSSR count). The smallest absolute Gasteiger partial charge is 0.0578 e. The third kappa shape index (κ3) is 3.72. The van der Waals surface area contributed by atoms with Crippen molar-refractivity contribution in [3.63, 3.8) is 0 Å². The number of hydrogen-bond acceptors (Lipinski definition) is 1. The first-order valence-electron chi connectivity index (χ1n) is 6.01. The van der Waals surface area contributed by atoms with Crippen molar-refractivity contribution in [3.05, 3.63) is 0 Å². The molecular formula is C13H23N. The molecule has 1 saturated carbocycles. The summed E-state index contributed by atoms with van der Waals surface area (Å²) in [5.41, 5.74) is 0. The van der Waals surface area contributed by atoms with Gasteiger partial charge in [0.25, 0.3) is 0 Å². The minimum absolute atomic E-state index is 0.752. The molecule has 80 valence electrons. The van der Waals surface area contributed by atoms with E-state index in [1.54, 1.807) is 0 Å². The number of rotatable bonds is 5. The molecule has 0 heterocycles. The maximum atomic E-state index is 3.57. The molecule has 1 fully saturated rings. The van der Waals surface area contributed by atoms with Crippen LogP contribution in [0.25, 0.3) is 0 Å². The van der Waals surface area contributed by atoms with Gasteiger partial charge in [0, 0.05) is 6.04 Å². The monoisotopic (exact) mass is 193 g/mol. The molecule has 0 aromatic heterocycles. The quantitative estimate of drug-likeness (QED) is 0.662. The summed E-state index contributed by atoms with van der Waals surface area (Å²) >= 11 is 0. The normalized spacial score (nSPS) is 25.9. The molecule has 1 aliphatic rings. The van der Waals surface area contributed by atoms with Crippen molar-refractivity contribution >= 4 is 0 Å². The highest BCUT2D eigenvalue weighted by atomic mass is 14.9. The van der Waals surface area contributed by atoms with Gasteiger partial charge in [-0.15, -0.1) is 5.92 Å².